The zero-order valence-electron chi connectivity index (χ0n) is 11.9. The van der Waals surface area contributed by atoms with Crippen molar-refractivity contribution in [2.24, 2.45) is 0 Å². The van der Waals surface area contributed by atoms with Crippen LogP contribution in [0.15, 0.2) is 29.2 Å². The van der Waals surface area contributed by atoms with E-state index in [2.05, 4.69) is 5.32 Å². The number of hydrogen-bond donors (Lipinski definition) is 1. The molecule has 1 unspecified atom stereocenters. The molecule has 7 heteroatoms. The standard InChI is InChI=1S/C14H19NO5S/c1-21(17,18)13-6-2-4-11(8-13)20-10-14(16)15-9-12-5-3-7-19-12/h2,4,6,8,12H,3,5,7,9-10H2,1H3,(H,15,16). The van der Waals surface area contributed by atoms with Crippen LogP contribution in [0.1, 0.15) is 12.8 Å². The molecule has 1 heterocycles. The molecule has 1 amide bonds. The molecule has 1 atom stereocenters. The SMILES string of the molecule is CS(=O)(=O)c1cccc(OCC(=O)NCC2CCCO2)c1. The average molecular weight is 313 g/mol. The first kappa shape index (κ1) is 15.8. The van der Waals surface area contributed by atoms with Crippen molar-refractivity contribution in [3.63, 3.8) is 0 Å². The van der Waals surface area contributed by atoms with Gasteiger partial charge in [-0.2, -0.15) is 0 Å². The van der Waals surface area contributed by atoms with E-state index in [1.165, 1.54) is 12.1 Å². The van der Waals surface area contributed by atoms with Gasteiger partial charge in [0, 0.05) is 19.4 Å². The third-order valence-corrected chi connectivity index (χ3v) is 4.26. The van der Waals surface area contributed by atoms with Gasteiger partial charge in [0.05, 0.1) is 11.0 Å². The van der Waals surface area contributed by atoms with Gasteiger partial charge in [-0.25, -0.2) is 8.42 Å². The second-order valence-corrected chi connectivity index (χ2v) is 6.99. The van der Waals surface area contributed by atoms with Gasteiger partial charge in [-0.05, 0) is 31.0 Å². The van der Waals surface area contributed by atoms with Crippen LogP contribution in [-0.2, 0) is 19.4 Å². The Hall–Kier alpha value is -1.60. The van der Waals surface area contributed by atoms with E-state index in [0.717, 1.165) is 25.7 Å². The van der Waals surface area contributed by atoms with Crippen molar-refractivity contribution in [1.29, 1.82) is 0 Å². The van der Waals surface area contributed by atoms with Crippen molar-refractivity contribution in [2.45, 2.75) is 23.8 Å². The molecule has 6 nitrogen and oxygen atoms in total. The normalized spacial score (nSPS) is 18.4. The van der Waals surface area contributed by atoms with Crippen LogP contribution in [0, 0.1) is 0 Å². The molecule has 0 bridgehead atoms. The number of hydrogen-bond acceptors (Lipinski definition) is 5. The van der Waals surface area contributed by atoms with E-state index in [9.17, 15) is 13.2 Å². The molecule has 1 aliphatic heterocycles. The Labute approximate surface area is 124 Å². The fourth-order valence-electron chi connectivity index (χ4n) is 2.03. The van der Waals surface area contributed by atoms with Gasteiger partial charge in [0.2, 0.25) is 0 Å². The number of rotatable bonds is 6. The number of ether oxygens (including phenoxy) is 2. The molecule has 0 radical (unpaired) electrons. The summed E-state index contributed by atoms with van der Waals surface area (Å²) in [5, 5.41) is 2.73. The van der Waals surface area contributed by atoms with Crippen molar-refractivity contribution < 1.29 is 22.7 Å². The summed E-state index contributed by atoms with van der Waals surface area (Å²) in [4.78, 5) is 11.8. The maximum Gasteiger partial charge on any atom is 0.258 e. The summed E-state index contributed by atoms with van der Waals surface area (Å²) in [5.41, 5.74) is 0. The summed E-state index contributed by atoms with van der Waals surface area (Å²) in [5.74, 6) is 0.0976. The van der Waals surface area contributed by atoms with Gasteiger partial charge in [-0.1, -0.05) is 6.07 Å². The minimum absolute atomic E-state index is 0.0857. The third kappa shape index (κ3) is 5.02. The Balaban J connectivity index is 1.80. The van der Waals surface area contributed by atoms with Gasteiger partial charge in [0.15, 0.2) is 16.4 Å². The summed E-state index contributed by atoms with van der Waals surface area (Å²) in [6.45, 7) is 1.07. The Morgan fingerprint density at radius 3 is 2.95 bits per heavy atom. The molecule has 2 rings (SSSR count). The number of nitrogens with one attached hydrogen (secondary N) is 1. The van der Waals surface area contributed by atoms with Crippen LogP contribution >= 0.6 is 0 Å². The van der Waals surface area contributed by atoms with E-state index in [1.807, 2.05) is 0 Å². The molecule has 116 valence electrons. The lowest BCUT2D eigenvalue weighted by Crippen LogP contribution is -2.35. The van der Waals surface area contributed by atoms with Gasteiger partial charge in [-0.15, -0.1) is 0 Å². The first-order chi connectivity index (χ1) is 9.95. The molecule has 1 N–H and O–H groups in total. The fourth-order valence-corrected chi connectivity index (χ4v) is 2.68. The Bertz CT molecular complexity index is 593. The molecule has 21 heavy (non-hydrogen) atoms. The quantitative estimate of drug-likeness (QED) is 0.838. The minimum Gasteiger partial charge on any atom is -0.484 e. The molecule has 1 aromatic carbocycles. The van der Waals surface area contributed by atoms with Crippen LogP contribution in [-0.4, -0.2) is 46.4 Å². The summed E-state index contributed by atoms with van der Waals surface area (Å²) in [6, 6.07) is 6.08. The molecule has 1 saturated heterocycles. The Morgan fingerprint density at radius 2 is 2.29 bits per heavy atom. The summed E-state index contributed by atoms with van der Waals surface area (Å²) >= 11 is 0. The zero-order chi connectivity index (χ0) is 15.3. The smallest absolute Gasteiger partial charge is 0.258 e. The highest BCUT2D eigenvalue weighted by Crippen LogP contribution is 2.17. The largest absolute Gasteiger partial charge is 0.484 e. The van der Waals surface area contributed by atoms with Gasteiger partial charge in [0.1, 0.15) is 5.75 Å². The molecule has 1 fully saturated rings. The van der Waals surface area contributed by atoms with Crippen LogP contribution in [0.5, 0.6) is 5.75 Å². The molecule has 1 aromatic rings. The van der Waals surface area contributed by atoms with Crippen LogP contribution in [0.3, 0.4) is 0 Å². The van der Waals surface area contributed by atoms with Crippen molar-refractivity contribution in [3.8, 4) is 5.75 Å². The monoisotopic (exact) mass is 313 g/mol. The van der Waals surface area contributed by atoms with Gasteiger partial charge in [0.25, 0.3) is 5.91 Å². The summed E-state index contributed by atoms with van der Waals surface area (Å²) in [7, 11) is -3.28. The zero-order valence-corrected chi connectivity index (χ0v) is 12.7. The van der Waals surface area contributed by atoms with Crippen molar-refractivity contribution in [2.75, 3.05) is 26.0 Å². The number of carbonyl (C=O) groups excluding carboxylic acids is 1. The van der Waals surface area contributed by atoms with Crippen LogP contribution in [0.2, 0.25) is 0 Å². The number of amides is 1. The second-order valence-electron chi connectivity index (χ2n) is 4.97. The lowest BCUT2D eigenvalue weighted by molar-refractivity contribution is -0.123. The number of carbonyl (C=O) groups is 1. The van der Waals surface area contributed by atoms with E-state index < -0.39 is 9.84 Å². The highest BCUT2D eigenvalue weighted by atomic mass is 32.2. The van der Waals surface area contributed by atoms with E-state index in [4.69, 9.17) is 9.47 Å². The van der Waals surface area contributed by atoms with Gasteiger partial charge < -0.3 is 14.8 Å². The maximum absolute atomic E-state index is 11.6. The number of sulfone groups is 1. The minimum atomic E-state index is -3.28. The molecular formula is C14H19NO5S. The highest BCUT2D eigenvalue weighted by Gasteiger charge is 2.16. The fraction of sp³-hybridized carbons (Fsp3) is 0.500. The molecular weight excluding hydrogens is 294 g/mol. The van der Waals surface area contributed by atoms with Crippen molar-refractivity contribution in [3.05, 3.63) is 24.3 Å². The van der Waals surface area contributed by atoms with Crippen molar-refractivity contribution in [1.82, 2.24) is 5.32 Å². The molecule has 0 aliphatic carbocycles. The van der Waals surface area contributed by atoms with E-state index in [-0.39, 0.29) is 23.5 Å². The lowest BCUT2D eigenvalue weighted by atomic mass is 10.2. The molecule has 1 aliphatic rings. The van der Waals surface area contributed by atoms with E-state index in [0.29, 0.717) is 12.3 Å². The van der Waals surface area contributed by atoms with Gasteiger partial charge >= 0.3 is 0 Å². The predicted molar refractivity (Wildman–Crippen MR) is 77.0 cm³/mol. The first-order valence-electron chi connectivity index (χ1n) is 6.76. The predicted octanol–water partition coefficient (Wildman–Crippen LogP) is 0.764. The molecule has 0 saturated carbocycles. The third-order valence-electron chi connectivity index (χ3n) is 3.15. The second kappa shape index (κ2) is 6.91. The molecule has 0 aromatic heterocycles. The van der Waals surface area contributed by atoms with Crippen molar-refractivity contribution >= 4 is 15.7 Å². The first-order valence-corrected chi connectivity index (χ1v) is 8.65. The van der Waals surface area contributed by atoms with Gasteiger partial charge in [-0.3, -0.25) is 4.79 Å². The highest BCUT2D eigenvalue weighted by molar-refractivity contribution is 7.90. The van der Waals surface area contributed by atoms with E-state index in [1.54, 1.807) is 12.1 Å². The summed E-state index contributed by atoms with van der Waals surface area (Å²) < 4.78 is 33.5. The Morgan fingerprint density at radius 1 is 1.48 bits per heavy atom. The average Bonchev–Trinajstić information content (AvgIpc) is 2.95. The summed E-state index contributed by atoms with van der Waals surface area (Å²) in [6.07, 6.45) is 3.19. The lowest BCUT2D eigenvalue weighted by Gasteiger charge is -2.11. The van der Waals surface area contributed by atoms with Crippen LogP contribution in [0.4, 0.5) is 0 Å². The molecule has 0 spiro atoms. The Kier molecular flexibility index (Phi) is 5.19. The topological polar surface area (TPSA) is 81.7 Å². The maximum atomic E-state index is 11.6. The number of benzene rings is 1. The van der Waals surface area contributed by atoms with E-state index >= 15 is 0 Å². The van der Waals surface area contributed by atoms with Crippen LogP contribution in [0.25, 0.3) is 0 Å². The van der Waals surface area contributed by atoms with Crippen LogP contribution < -0.4 is 10.1 Å².